The third-order valence-electron chi connectivity index (χ3n) is 2.76. The zero-order chi connectivity index (χ0) is 15.4. The monoisotopic (exact) mass is 288 g/mol. The number of nitro benzene ring substituents is 1. The van der Waals surface area contributed by atoms with E-state index in [9.17, 15) is 14.9 Å². The van der Waals surface area contributed by atoms with Crippen LogP contribution >= 0.6 is 0 Å². The summed E-state index contributed by atoms with van der Waals surface area (Å²) in [6, 6.07) is 5.76. The fourth-order valence-electron chi connectivity index (χ4n) is 1.71. The van der Waals surface area contributed by atoms with Crippen molar-refractivity contribution in [3.05, 3.63) is 51.7 Å². The van der Waals surface area contributed by atoms with Crippen LogP contribution in [-0.4, -0.2) is 23.3 Å². The topological polar surface area (TPSA) is 91.6 Å². The number of aryl methyl sites for hydroxylation is 1. The maximum Gasteiger partial charge on any atom is 0.311 e. The lowest BCUT2D eigenvalue weighted by Crippen LogP contribution is -1.98. The SMILES string of the molecule is COc1ccc([N+](=O)[O-])c(Oc2ncc(C=O)cc2C)c1. The van der Waals surface area contributed by atoms with E-state index < -0.39 is 4.92 Å². The number of nitrogens with zero attached hydrogens (tertiary/aromatic N) is 2. The van der Waals surface area contributed by atoms with Gasteiger partial charge in [-0.15, -0.1) is 0 Å². The van der Waals surface area contributed by atoms with Crippen LogP contribution in [0.5, 0.6) is 17.4 Å². The van der Waals surface area contributed by atoms with Gasteiger partial charge in [0.05, 0.1) is 12.0 Å². The van der Waals surface area contributed by atoms with E-state index in [-0.39, 0.29) is 17.3 Å². The molecule has 0 spiro atoms. The molecule has 1 aromatic carbocycles. The molecule has 0 aliphatic carbocycles. The first-order chi connectivity index (χ1) is 10.0. The van der Waals surface area contributed by atoms with Gasteiger partial charge in [-0.1, -0.05) is 0 Å². The number of rotatable bonds is 5. The number of aldehydes is 1. The fraction of sp³-hybridized carbons (Fsp3) is 0.143. The van der Waals surface area contributed by atoms with Gasteiger partial charge in [-0.3, -0.25) is 14.9 Å². The van der Waals surface area contributed by atoms with Gasteiger partial charge in [0.1, 0.15) is 5.75 Å². The van der Waals surface area contributed by atoms with Crippen LogP contribution in [0, 0.1) is 17.0 Å². The Labute approximate surface area is 120 Å². The molecule has 0 atom stereocenters. The van der Waals surface area contributed by atoms with E-state index in [1.165, 1.54) is 31.5 Å². The maximum absolute atomic E-state index is 11.0. The summed E-state index contributed by atoms with van der Waals surface area (Å²) in [5.41, 5.74) is 0.799. The molecule has 0 N–H and O–H groups in total. The zero-order valence-electron chi connectivity index (χ0n) is 11.4. The maximum atomic E-state index is 11.0. The molecule has 0 aliphatic rings. The summed E-state index contributed by atoms with van der Waals surface area (Å²) < 4.78 is 10.5. The zero-order valence-corrected chi connectivity index (χ0v) is 11.4. The number of pyridine rings is 1. The summed E-state index contributed by atoms with van der Waals surface area (Å²) in [6.07, 6.45) is 2.00. The Bertz CT molecular complexity index is 700. The van der Waals surface area contributed by atoms with Crippen molar-refractivity contribution in [3.8, 4) is 17.4 Å². The number of nitro groups is 1. The van der Waals surface area contributed by atoms with E-state index in [1.807, 2.05) is 0 Å². The first-order valence-electron chi connectivity index (χ1n) is 5.97. The summed E-state index contributed by atoms with van der Waals surface area (Å²) in [5.74, 6) is 0.642. The highest BCUT2D eigenvalue weighted by atomic mass is 16.6. The lowest BCUT2D eigenvalue weighted by atomic mass is 10.2. The highest BCUT2D eigenvalue weighted by molar-refractivity contribution is 5.74. The van der Waals surface area contributed by atoms with Gasteiger partial charge in [0.15, 0.2) is 6.29 Å². The Morgan fingerprint density at radius 1 is 1.33 bits per heavy atom. The van der Waals surface area contributed by atoms with Crippen molar-refractivity contribution in [3.63, 3.8) is 0 Å². The third kappa shape index (κ3) is 3.14. The predicted octanol–water partition coefficient (Wildman–Crippen LogP) is 2.91. The molecular weight excluding hydrogens is 276 g/mol. The summed E-state index contributed by atoms with van der Waals surface area (Å²) in [7, 11) is 1.45. The minimum Gasteiger partial charge on any atom is -0.497 e. The van der Waals surface area contributed by atoms with Crippen molar-refractivity contribution in [1.82, 2.24) is 4.98 Å². The second-order valence-corrected chi connectivity index (χ2v) is 4.20. The van der Waals surface area contributed by atoms with Gasteiger partial charge in [-0.05, 0) is 19.1 Å². The quantitative estimate of drug-likeness (QED) is 0.477. The summed E-state index contributed by atoms with van der Waals surface area (Å²) in [4.78, 5) is 25.1. The van der Waals surface area contributed by atoms with Crippen LogP contribution in [-0.2, 0) is 0 Å². The van der Waals surface area contributed by atoms with E-state index >= 15 is 0 Å². The van der Waals surface area contributed by atoms with Crippen LogP contribution in [0.15, 0.2) is 30.5 Å². The Balaban J connectivity index is 2.42. The molecule has 0 amide bonds. The molecule has 0 unspecified atom stereocenters. The van der Waals surface area contributed by atoms with Gasteiger partial charge in [0, 0.05) is 29.5 Å². The molecule has 2 aromatic rings. The number of hydrogen-bond donors (Lipinski definition) is 0. The molecule has 0 radical (unpaired) electrons. The highest BCUT2D eigenvalue weighted by Crippen LogP contribution is 2.34. The van der Waals surface area contributed by atoms with Crippen LogP contribution in [0.2, 0.25) is 0 Å². The highest BCUT2D eigenvalue weighted by Gasteiger charge is 2.18. The Morgan fingerprint density at radius 3 is 2.67 bits per heavy atom. The lowest BCUT2D eigenvalue weighted by molar-refractivity contribution is -0.385. The smallest absolute Gasteiger partial charge is 0.311 e. The average Bonchev–Trinajstić information content (AvgIpc) is 2.48. The van der Waals surface area contributed by atoms with Gasteiger partial charge >= 0.3 is 5.69 Å². The lowest BCUT2D eigenvalue weighted by Gasteiger charge is -2.09. The van der Waals surface area contributed by atoms with Crippen molar-refractivity contribution in [1.29, 1.82) is 0 Å². The van der Waals surface area contributed by atoms with Gasteiger partial charge < -0.3 is 9.47 Å². The van der Waals surface area contributed by atoms with Crippen molar-refractivity contribution in [2.45, 2.75) is 6.92 Å². The van der Waals surface area contributed by atoms with Crippen LogP contribution in [0.25, 0.3) is 0 Å². The van der Waals surface area contributed by atoms with Crippen LogP contribution in [0.4, 0.5) is 5.69 Å². The predicted molar refractivity (Wildman–Crippen MR) is 74.1 cm³/mol. The number of methoxy groups -OCH3 is 1. The molecule has 0 fully saturated rings. The Morgan fingerprint density at radius 2 is 2.10 bits per heavy atom. The van der Waals surface area contributed by atoms with E-state index in [4.69, 9.17) is 9.47 Å². The summed E-state index contributed by atoms with van der Waals surface area (Å²) in [6.45, 7) is 1.70. The molecule has 1 heterocycles. The van der Waals surface area contributed by atoms with Gasteiger partial charge in [-0.2, -0.15) is 0 Å². The van der Waals surface area contributed by atoms with E-state index in [0.717, 1.165) is 0 Å². The number of carbonyl (C=O) groups excluding carboxylic acids is 1. The van der Waals surface area contributed by atoms with Crippen LogP contribution in [0.1, 0.15) is 15.9 Å². The molecule has 2 rings (SSSR count). The fourth-order valence-corrected chi connectivity index (χ4v) is 1.71. The molecule has 21 heavy (non-hydrogen) atoms. The molecule has 0 bridgehead atoms. The van der Waals surface area contributed by atoms with Gasteiger partial charge in [0.25, 0.3) is 0 Å². The third-order valence-corrected chi connectivity index (χ3v) is 2.76. The molecule has 7 nitrogen and oxygen atoms in total. The average molecular weight is 288 g/mol. The first-order valence-corrected chi connectivity index (χ1v) is 5.97. The van der Waals surface area contributed by atoms with E-state index in [1.54, 1.807) is 13.0 Å². The molecule has 0 aliphatic heterocycles. The molecule has 1 aromatic heterocycles. The van der Waals surface area contributed by atoms with Gasteiger partial charge in [-0.25, -0.2) is 4.98 Å². The van der Waals surface area contributed by atoms with Gasteiger partial charge in [0.2, 0.25) is 11.6 Å². The number of hydrogen-bond acceptors (Lipinski definition) is 6. The summed E-state index contributed by atoms with van der Waals surface area (Å²) >= 11 is 0. The van der Waals surface area contributed by atoms with Crippen molar-refractivity contribution in [2.24, 2.45) is 0 Å². The standard InChI is InChI=1S/C14H12N2O5/c1-9-5-10(8-17)7-15-14(9)21-13-6-11(20-2)3-4-12(13)16(18)19/h3-8H,1-2H3. The van der Waals surface area contributed by atoms with Crippen molar-refractivity contribution < 1.29 is 19.2 Å². The van der Waals surface area contributed by atoms with E-state index in [0.29, 0.717) is 23.2 Å². The minimum atomic E-state index is -0.552. The number of benzene rings is 1. The van der Waals surface area contributed by atoms with Crippen LogP contribution < -0.4 is 9.47 Å². The summed E-state index contributed by atoms with van der Waals surface area (Å²) in [5, 5.41) is 11.0. The largest absolute Gasteiger partial charge is 0.497 e. The van der Waals surface area contributed by atoms with Crippen molar-refractivity contribution in [2.75, 3.05) is 7.11 Å². The molecule has 108 valence electrons. The molecular formula is C14H12N2O5. The second kappa shape index (κ2) is 6.00. The van der Waals surface area contributed by atoms with Crippen molar-refractivity contribution >= 4 is 12.0 Å². The molecule has 7 heteroatoms. The number of aromatic nitrogens is 1. The second-order valence-electron chi connectivity index (χ2n) is 4.20. The number of carbonyl (C=O) groups is 1. The van der Waals surface area contributed by atoms with Crippen LogP contribution in [0.3, 0.4) is 0 Å². The number of ether oxygens (including phenoxy) is 2. The molecule has 0 saturated carbocycles. The first kappa shape index (κ1) is 14.4. The minimum absolute atomic E-state index is 0.0220. The Kier molecular flexibility index (Phi) is 4.13. The molecule has 0 saturated heterocycles. The van der Waals surface area contributed by atoms with E-state index in [2.05, 4.69) is 4.98 Å². The normalized spacial score (nSPS) is 10.0. The Hall–Kier alpha value is -2.96.